The molecule has 0 radical (unpaired) electrons. The highest BCUT2D eigenvalue weighted by atomic mass is 16.5. The number of allylic oxidation sites excluding steroid dienone is 1. The summed E-state index contributed by atoms with van der Waals surface area (Å²) in [5.41, 5.74) is 0. The van der Waals surface area contributed by atoms with E-state index >= 15 is 0 Å². The van der Waals surface area contributed by atoms with Gasteiger partial charge in [-0.2, -0.15) is 0 Å². The first-order chi connectivity index (χ1) is 10.7. The van der Waals surface area contributed by atoms with E-state index in [0.29, 0.717) is 29.7 Å². The largest absolute Gasteiger partial charge is 0.498 e. The molecule has 1 heterocycles. The molecule has 1 rings (SSSR count). The molecule has 4 unspecified atom stereocenters. The first-order valence-electron chi connectivity index (χ1n) is 9.42. The molecule has 0 aromatic rings. The Hall–Kier alpha value is -0.540. The standard InChI is InChI=1S/C20H39NO2/c1-14-11-20(22)10-8-9-15(2)19(6)23-13-16(3)17(4)18(5)21(7)12-14/h14-18,20,22H,6,8-13H2,1-5,7H3/t14-,15?,16+,17?,18?,20?/m1/s1. The normalized spacial score (nSPS) is 40.0. The van der Waals surface area contributed by atoms with Gasteiger partial charge in [0.05, 0.1) is 18.5 Å². The van der Waals surface area contributed by atoms with Crippen LogP contribution >= 0.6 is 0 Å². The molecule has 1 aliphatic heterocycles. The summed E-state index contributed by atoms with van der Waals surface area (Å²) < 4.78 is 5.97. The van der Waals surface area contributed by atoms with E-state index in [1.165, 1.54) is 0 Å². The Morgan fingerprint density at radius 3 is 2.43 bits per heavy atom. The van der Waals surface area contributed by atoms with E-state index in [4.69, 9.17) is 4.74 Å². The maximum atomic E-state index is 10.3. The van der Waals surface area contributed by atoms with Crippen molar-refractivity contribution in [3.8, 4) is 0 Å². The summed E-state index contributed by atoms with van der Waals surface area (Å²) in [5.74, 6) is 2.86. The zero-order valence-corrected chi connectivity index (χ0v) is 16.2. The van der Waals surface area contributed by atoms with Gasteiger partial charge >= 0.3 is 0 Å². The van der Waals surface area contributed by atoms with Crippen molar-refractivity contribution in [1.82, 2.24) is 4.90 Å². The third-order valence-electron chi connectivity index (χ3n) is 5.88. The van der Waals surface area contributed by atoms with E-state index in [0.717, 1.165) is 44.6 Å². The van der Waals surface area contributed by atoms with Gasteiger partial charge in [-0.3, -0.25) is 0 Å². The highest BCUT2D eigenvalue weighted by Crippen LogP contribution is 2.25. The fraction of sp³-hybridized carbons (Fsp3) is 0.900. The van der Waals surface area contributed by atoms with Gasteiger partial charge in [-0.05, 0) is 51.0 Å². The Kier molecular flexibility index (Phi) is 8.63. The van der Waals surface area contributed by atoms with Crippen LogP contribution in [0.2, 0.25) is 0 Å². The minimum atomic E-state index is -0.184. The second-order valence-corrected chi connectivity index (χ2v) is 8.12. The van der Waals surface area contributed by atoms with Gasteiger partial charge in [0.1, 0.15) is 0 Å². The van der Waals surface area contributed by atoms with Gasteiger partial charge in [0.15, 0.2) is 0 Å². The van der Waals surface area contributed by atoms with Crippen LogP contribution in [0.15, 0.2) is 12.3 Å². The lowest BCUT2D eigenvalue weighted by molar-refractivity contribution is 0.0799. The average Bonchev–Trinajstić information content (AvgIpc) is 2.49. The number of rotatable bonds is 0. The van der Waals surface area contributed by atoms with E-state index in [9.17, 15) is 5.11 Å². The Bertz CT molecular complexity index is 358. The molecular formula is C20H39NO2. The summed E-state index contributed by atoms with van der Waals surface area (Å²) in [6.45, 7) is 17.2. The lowest BCUT2D eigenvalue weighted by atomic mass is 9.89. The smallest absolute Gasteiger partial charge is 0.0916 e. The van der Waals surface area contributed by atoms with Crippen LogP contribution in [-0.2, 0) is 4.74 Å². The highest BCUT2D eigenvalue weighted by molar-refractivity contribution is 4.89. The number of aliphatic hydroxyl groups is 1. The number of hydrogen-bond donors (Lipinski definition) is 1. The molecule has 0 spiro atoms. The number of hydrogen-bond acceptors (Lipinski definition) is 3. The molecule has 0 saturated carbocycles. The molecule has 3 nitrogen and oxygen atoms in total. The molecule has 0 aliphatic carbocycles. The van der Waals surface area contributed by atoms with Gasteiger partial charge in [0, 0.05) is 18.5 Å². The molecule has 1 fully saturated rings. The average molecular weight is 326 g/mol. The summed E-state index contributed by atoms with van der Waals surface area (Å²) in [7, 11) is 2.21. The number of nitrogens with zero attached hydrogens (tertiary/aromatic N) is 1. The Morgan fingerprint density at radius 1 is 1.13 bits per heavy atom. The SMILES string of the molecule is C=C1OC[C@H](C)C(C)C(C)N(C)C[C@H](C)CC(O)CCCC1C. The van der Waals surface area contributed by atoms with Crippen LogP contribution in [0.4, 0.5) is 0 Å². The molecule has 23 heavy (non-hydrogen) atoms. The van der Waals surface area contributed by atoms with Crippen LogP contribution < -0.4 is 0 Å². The van der Waals surface area contributed by atoms with Crippen LogP contribution in [0.1, 0.15) is 60.3 Å². The van der Waals surface area contributed by atoms with Gasteiger partial charge in [-0.25, -0.2) is 0 Å². The second-order valence-electron chi connectivity index (χ2n) is 8.12. The zero-order chi connectivity index (χ0) is 17.6. The van der Waals surface area contributed by atoms with Crippen molar-refractivity contribution < 1.29 is 9.84 Å². The summed E-state index contributed by atoms with van der Waals surface area (Å²) in [4.78, 5) is 2.44. The summed E-state index contributed by atoms with van der Waals surface area (Å²) in [6.07, 6.45) is 3.68. The molecule has 0 aromatic carbocycles. The van der Waals surface area contributed by atoms with Crippen molar-refractivity contribution in [3.05, 3.63) is 12.3 Å². The topological polar surface area (TPSA) is 32.7 Å². The first-order valence-corrected chi connectivity index (χ1v) is 9.42. The van der Waals surface area contributed by atoms with Crippen molar-refractivity contribution in [2.24, 2.45) is 23.7 Å². The molecule has 1 aliphatic rings. The molecule has 0 bridgehead atoms. The fourth-order valence-electron chi connectivity index (χ4n) is 3.54. The lowest BCUT2D eigenvalue weighted by Gasteiger charge is -2.35. The van der Waals surface area contributed by atoms with Crippen molar-refractivity contribution in [1.29, 1.82) is 0 Å². The Balaban J connectivity index is 2.77. The predicted molar refractivity (Wildman–Crippen MR) is 98.3 cm³/mol. The number of aliphatic hydroxyl groups excluding tert-OH is 1. The van der Waals surface area contributed by atoms with Crippen LogP contribution in [0, 0.1) is 23.7 Å². The summed E-state index contributed by atoms with van der Waals surface area (Å²) in [6, 6.07) is 0.504. The third-order valence-corrected chi connectivity index (χ3v) is 5.88. The van der Waals surface area contributed by atoms with Crippen LogP contribution in [0.5, 0.6) is 0 Å². The van der Waals surface area contributed by atoms with E-state index in [1.807, 2.05) is 0 Å². The van der Waals surface area contributed by atoms with E-state index < -0.39 is 0 Å². The maximum Gasteiger partial charge on any atom is 0.0916 e. The molecule has 1 saturated heterocycles. The molecule has 0 amide bonds. The monoisotopic (exact) mass is 325 g/mol. The van der Waals surface area contributed by atoms with Gasteiger partial charge < -0.3 is 14.7 Å². The van der Waals surface area contributed by atoms with E-state index in [1.54, 1.807) is 0 Å². The maximum absolute atomic E-state index is 10.3. The zero-order valence-electron chi connectivity index (χ0n) is 16.2. The molecule has 3 heteroatoms. The molecule has 6 atom stereocenters. The quantitative estimate of drug-likeness (QED) is 0.720. The van der Waals surface area contributed by atoms with Gasteiger partial charge in [-0.1, -0.05) is 40.7 Å². The van der Waals surface area contributed by atoms with Gasteiger partial charge in [0.25, 0.3) is 0 Å². The minimum Gasteiger partial charge on any atom is -0.498 e. The van der Waals surface area contributed by atoms with Crippen LogP contribution in [0.25, 0.3) is 0 Å². The third kappa shape index (κ3) is 6.84. The van der Waals surface area contributed by atoms with Gasteiger partial charge in [-0.15, -0.1) is 0 Å². The van der Waals surface area contributed by atoms with Gasteiger partial charge in [0.2, 0.25) is 0 Å². The van der Waals surface area contributed by atoms with Crippen LogP contribution in [-0.4, -0.2) is 42.4 Å². The lowest BCUT2D eigenvalue weighted by Crippen LogP contribution is -2.40. The Morgan fingerprint density at radius 2 is 1.78 bits per heavy atom. The van der Waals surface area contributed by atoms with Crippen molar-refractivity contribution in [2.45, 2.75) is 72.4 Å². The summed E-state index contributed by atoms with van der Waals surface area (Å²) in [5, 5.41) is 10.3. The first kappa shape index (κ1) is 20.5. The fourth-order valence-corrected chi connectivity index (χ4v) is 3.54. The highest BCUT2D eigenvalue weighted by Gasteiger charge is 2.25. The van der Waals surface area contributed by atoms with E-state index in [-0.39, 0.29) is 6.10 Å². The molecular weight excluding hydrogens is 286 g/mol. The number of ether oxygens (including phenoxy) is 1. The Labute approximate surface area is 144 Å². The molecule has 136 valence electrons. The second kappa shape index (κ2) is 9.68. The molecule has 0 aromatic heterocycles. The predicted octanol–water partition coefficient (Wildman–Crippen LogP) is 4.32. The van der Waals surface area contributed by atoms with Crippen LogP contribution in [0.3, 0.4) is 0 Å². The summed E-state index contributed by atoms with van der Waals surface area (Å²) >= 11 is 0. The van der Waals surface area contributed by atoms with Crippen molar-refractivity contribution in [2.75, 3.05) is 20.2 Å². The molecule has 1 N–H and O–H groups in total. The minimum absolute atomic E-state index is 0.184. The van der Waals surface area contributed by atoms with Crippen molar-refractivity contribution in [3.63, 3.8) is 0 Å². The van der Waals surface area contributed by atoms with E-state index in [2.05, 4.69) is 53.1 Å². The van der Waals surface area contributed by atoms with Crippen molar-refractivity contribution >= 4 is 0 Å².